The summed E-state index contributed by atoms with van der Waals surface area (Å²) in [4.78, 5) is 16.0. The first kappa shape index (κ1) is 17.7. The maximum Gasteiger partial charge on any atom is 0.224 e. The van der Waals surface area contributed by atoms with Crippen LogP contribution in [0.15, 0.2) is 47.8 Å². The smallest absolute Gasteiger partial charge is 0.224 e. The van der Waals surface area contributed by atoms with E-state index in [9.17, 15) is 4.79 Å². The maximum atomic E-state index is 11.4. The van der Waals surface area contributed by atoms with Crippen LogP contribution in [0.5, 0.6) is 0 Å². The lowest BCUT2D eigenvalue weighted by molar-refractivity contribution is -0.115. The Kier molecular flexibility index (Phi) is 5.58. The highest BCUT2D eigenvalue weighted by Gasteiger charge is 2.07. The SMILES string of the molecule is CCC(=O)Nc1ccc(-c2csc(Nc3ccc(Cl)c(Cl)c3)n2)cc1. The highest BCUT2D eigenvalue weighted by molar-refractivity contribution is 7.14. The lowest BCUT2D eigenvalue weighted by Crippen LogP contribution is -2.08. The third-order valence-corrected chi connectivity index (χ3v) is 4.96. The predicted octanol–water partition coefficient (Wildman–Crippen LogP) is 6.21. The molecule has 0 aliphatic heterocycles. The summed E-state index contributed by atoms with van der Waals surface area (Å²) in [5, 5.41) is 9.78. The van der Waals surface area contributed by atoms with Gasteiger partial charge in [-0.25, -0.2) is 4.98 Å². The van der Waals surface area contributed by atoms with E-state index in [4.69, 9.17) is 23.2 Å². The molecule has 0 saturated carbocycles. The van der Waals surface area contributed by atoms with Gasteiger partial charge in [-0.15, -0.1) is 11.3 Å². The summed E-state index contributed by atoms with van der Waals surface area (Å²) in [5.74, 6) is -0.00507. The Morgan fingerprint density at radius 1 is 1.08 bits per heavy atom. The van der Waals surface area contributed by atoms with Crippen molar-refractivity contribution in [1.29, 1.82) is 0 Å². The van der Waals surface area contributed by atoms with E-state index in [1.165, 1.54) is 11.3 Å². The Hall–Kier alpha value is -2.08. The summed E-state index contributed by atoms with van der Waals surface area (Å²) in [6.45, 7) is 1.82. The molecule has 0 spiro atoms. The Morgan fingerprint density at radius 3 is 2.48 bits per heavy atom. The van der Waals surface area contributed by atoms with Crippen LogP contribution < -0.4 is 10.6 Å². The number of carbonyl (C=O) groups excluding carboxylic acids is 1. The molecule has 2 N–H and O–H groups in total. The van der Waals surface area contributed by atoms with Crippen LogP contribution in [0.25, 0.3) is 11.3 Å². The van der Waals surface area contributed by atoms with Crippen LogP contribution in [0.4, 0.5) is 16.5 Å². The maximum absolute atomic E-state index is 11.4. The van der Waals surface area contributed by atoms with Gasteiger partial charge >= 0.3 is 0 Å². The molecule has 1 aromatic heterocycles. The second-order valence-electron chi connectivity index (χ2n) is 5.27. The van der Waals surface area contributed by atoms with Gasteiger partial charge in [0.2, 0.25) is 5.91 Å². The van der Waals surface area contributed by atoms with E-state index >= 15 is 0 Å². The first-order valence-corrected chi connectivity index (χ1v) is 9.26. The molecule has 4 nitrogen and oxygen atoms in total. The lowest BCUT2D eigenvalue weighted by atomic mass is 10.1. The van der Waals surface area contributed by atoms with Crippen molar-refractivity contribution in [2.75, 3.05) is 10.6 Å². The van der Waals surface area contributed by atoms with Crippen LogP contribution in [0.3, 0.4) is 0 Å². The van der Waals surface area contributed by atoms with E-state index in [0.717, 1.165) is 27.8 Å². The Labute approximate surface area is 159 Å². The van der Waals surface area contributed by atoms with Crippen molar-refractivity contribution in [3.05, 3.63) is 57.9 Å². The van der Waals surface area contributed by atoms with Gasteiger partial charge in [-0.3, -0.25) is 4.79 Å². The Balaban J connectivity index is 1.72. The Morgan fingerprint density at radius 2 is 1.80 bits per heavy atom. The summed E-state index contributed by atoms with van der Waals surface area (Å²) in [6.07, 6.45) is 0.456. The normalized spacial score (nSPS) is 10.5. The number of thiazole rings is 1. The fourth-order valence-corrected chi connectivity index (χ4v) is 3.17. The Bertz CT molecular complexity index is 894. The van der Waals surface area contributed by atoms with Crippen molar-refractivity contribution >= 4 is 57.0 Å². The van der Waals surface area contributed by atoms with E-state index in [2.05, 4.69) is 15.6 Å². The van der Waals surface area contributed by atoms with Gasteiger partial charge in [0.25, 0.3) is 0 Å². The number of aromatic nitrogens is 1. The highest BCUT2D eigenvalue weighted by Crippen LogP contribution is 2.30. The van der Waals surface area contributed by atoms with Crippen LogP contribution in [-0.2, 0) is 4.79 Å². The number of nitrogens with one attached hydrogen (secondary N) is 2. The minimum atomic E-state index is -0.00507. The van der Waals surface area contributed by atoms with Crippen molar-refractivity contribution in [3.8, 4) is 11.3 Å². The lowest BCUT2D eigenvalue weighted by Gasteiger charge is -2.05. The molecule has 3 aromatic rings. The monoisotopic (exact) mass is 391 g/mol. The number of nitrogens with zero attached hydrogens (tertiary/aromatic N) is 1. The standard InChI is InChI=1S/C18H15Cl2N3OS/c1-2-17(24)21-12-5-3-11(4-6-12)16-10-25-18(23-16)22-13-7-8-14(19)15(20)9-13/h3-10H,2H2,1H3,(H,21,24)(H,22,23). The summed E-state index contributed by atoms with van der Waals surface area (Å²) in [5.41, 5.74) is 3.45. The van der Waals surface area contributed by atoms with Crippen LogP contribution in [0, 0.1) is 0 Å². The van der Waals surface area contributed by atoms with E-state index in [0.29, 0.717) is 16.5 Å². The average Bonchev–Trinajstić information content (AvgIpc) is 3.07. The fraction of sp³-hybridized carbons (Fsp3) is 0.111. The second-order valence-corrected chi connectivity index (χ2v) is 6.94. The van der Waals surface area contributed by atoms with Crippen LogP contribution >= 0.6 is 34.5 Å². The molecule has 0 radical (unpaired) electrons. The molecule has 3 rings (SSSR count). The zero-order valence-electron chi connectivity index (χ0n) is 13.3. The molecular weight excluding hydrogens is 377 g/mol. The molecule has 128 valence electrons. The van der Waals surface area contributed by atoms with Gasteiger partial charge in [0.1, 0.15) is 0 Å². The second kappa shape index (κ2) is 7.87. The van der Waals surface area contributed by atoms with Gasteiger partial charge in [0.15, 0.2) is 5.13 Å². The first-order valence-electron chi connectivity index (χ1n) is 7.63. The van der Waals surface area contributed by atoms with Crippen molar-refractivity contribution < 1.29 is 4.79 Å². The third kappa shape index (κ3) is 4.51. The minimum absolute atomic E-state index is 0.00507. The fourth-order valence-electron chi connectivity index (χ4n) is 2.13. The summed E-state index contributed by atoms with van der Waals surface area (Å²) in [7, 11) is 0. The molecule has 0 bridgehead atoms. The quantitative estimate of drug-likeness (QED) is 0.543. The van der Waals surface area contributed by atoms with Gasteiger partial charge in [-0.2, -0.15) is 0 Å². The number of hydrogen-bond acceptors (Lipinski definition) is 4. The molecule has 0 atom stereocenters. The van der Waals surface area contributed by atoms with Gasteiger partial charge < -0.3 is 10.6 Å². The number of halogens is 2. The molecule has 1 amide bonds. The largest absolute Gasteiger partial charge is 0.331 e. The molecular formula is C18H15Cl2N3OS. The zero-order chi connectivity index (χ0) is 17.8. The first-order chi connectivity index (χ1) is 12.0. The van der Waals surface area contributed by atoms with Crippen molar-refractivity contribution in [2.24, 2.45) is 0 Å². The van der Waals surface area contributed by atoms with Gasteiger partial charge in [-0.05, 0) is 30.3 Å². The zero-order valence-corrected chi connectivity index (χ0v) is 15.7. The minimum Gasteiger partial charge on any atom is -0.331 e. The molecule has 1 heterocycles. The summed E-state index contributed by atoms with van der Waals surface area (Å²) in [6, 6.07) is 13.0. The number of carbonyl (C=O) groups is 1. The number of benzene rings is 2. The molecule has 0 saturated heterocycles. The van der Waals surface area contributed by atoms with Crippen molar-refractivity contribution in [1.82, 2.24) is 4.98 Å². The van der Waals surface area contributed by atoms with E-state index in [1.807, 2.05) is 42.6 Å². The highest BCUT2D eigenvalue weighted by atomic mass is 35.5. The van der Waals surface area contributed by atoms with Crippen molar-refractivity contribution in [2.45, 2.75) is 13.3 Å². The van der Waals surface area contributed by atoms with E-state index in [-0.39, 0.29) is 5.91 Å². The molecule has 0 aliphatic rings. The van der Waals surface area contributed by atoms with Crippen LogP contribution in [0.2, 0.25) is 10.0 Å². The summed E-state index contributed by atoms with van der Waals surface area (Å²) >= 11 is 13.4. The van der Waals surface area contributed by atoms with Crippen LogP contribution in [-0.4, -0.2) is 10.9 Å². The number of hydrogen-bond donors (Lipinski definition) is 2. The number of rotatable bonds is 5. The number of amides is 1. The van der Waals surface area contributed by atoms with Gasteiger partial charge in [0.05, 0.1) is 15.7 Å². The molecule has 25 heavy (non-hydrogen) atoms. The van der Waals surface area contributed by atoms with E-state index in [1.54, 1.807) is 12.1 Å². The van der Waals surface area contributed by atoms with Crippen LogP contribution in [0.1, 0.15) is 13.3 Å². The third-order valence-electron chi connectivity index (χ3n) is 3.46. The van der Waals surface area contributed by atoms with E-state index < -0.39 is 0 Å². The number of anilines is 3. The van der Waals surface area contributed by atoms with Gasteiger partial charge in [-0.1, -0.05) is 42.3 Å². The average molecular weight is 392 g/mol. The molecule has 0 fully saturated rings. The molecule has 0 unspecified atom stereocenters. The van der Waals surface area contributed by atoms with Crippen molar-refractivity contribution in [3.63, 3.8) is 0 Å². The predicted molar refractivity (Wildman–Crippen MR) is 106 cm³/mol. The molecule has 0 aliphatic carbocycles. The molecule has 2 aromatic carbocycles. The van der Waals surface area contributed by atoms with Gasteiger partial charge in [0, 0.05) is 28.7 Å². The molecule has 7 heteroatoms. The topological polar surface area (TPSA) is 54.0 Å². The summed E-state index contributed by atoms with van der Waals surface area (Å²) < 4.78 is 0.